The van der Waals surface area contributed by atoms with Gasteiger partial charge in [0.2, 0.25) is 11.7 Å². The first kappa shape index (κ1) is 22.6. The zero-order chi connectivity index (χ0) is 23.4. The van der Waals surface area contributed by atoms with E-state index in [9.17, 15) is 9.59 Å². The molecule has 1 aliphatic rings. The minimum absolute atomic E-state index is 0.0550. The number of hydrogen-bond acceptors (Lipinski definition) is 5. The van der Waals surface area contributed by atoms with Crippen molar-refractivity contribution in [3.8, 4) is 16.9 Å². The van der Waals surface area contributed by atoms with Gasteiger partial charge in [0.15, 0.2) is 0 Å². The lowest BCUT2D eigenvalue weighted by molar-refractivity contribution is -0.124. The summed E-state index contributed by atoms with van der Waals surface area (Å²) >= 11 is 0. The summed E-state index contributed by atoms with van der Waals surface area (Å²) in [5, 5.41) is 6.95. The van der Waals surface area contributed by atoms with Crippen LogP contribution in [0.4, 0.5) is 0 Å². The maximum Gasteiger partial charge on any atom is 0.292 e. The Morgan fingerprint density at radius 2 is 1.91 bits per heavy atom. The largest absolute Gasteiger partial charge is 0.496 e. The molecule has 2 heterocycles. The second-order valence-electron chi connectivity index (χ2n) is 8.57. The van der Waals surface area contributed by atoms with E-state index in [1.54, 1.807) is 18.1 Å². The topological polar surface area (TPSA) is 84.7 Å². The molecule has 172 valence electrons. The minimum atomic E-state index is -0.389. The first-order valence-corrected chi connectivity index (χ1v) is 11.2. The average molecular weight is 448 g/mol. The summed E-state index contributed by atoms with van der Waals surface area (Å²) in [5.74, 6) is 0.468. The molecule has 0 aliphatic carbocycles. The van der Waals surface area contributed by atoms with Gasteiger partial charge in [-0.05, 0) is 29.5 Å². The summed E-state index contributed by atoms with van der Waals surface area (Å²) in [6.07, 6.45) is 0.498. The van der Waals surface area contributed by atoms with Gasteiger partial charge in [0.1, 0.15) is 5.75 Å². The van der Waals surface area contributed by atoms with E-state index in [2.05, 4.69) is 10.5 Å². The van der Waals surface area contributed by atoms with Gasteiger partial charge in [-0.2, -0.15) is 0 Å². The van der Waals surface area contributed by atoms with E-state index in [-0.39, 0.29) is 29.4 Å². The Kier molecular flexibility index (Phi) is 6.77. The van der Waals surface area contributed by atoms with Gasteiger partial charge < -0.3 is 19.5 Å². The number of nitrogens with zero attached hydrogens (tertiary/aromatic N) is 2. The molecule has 0 bridgehead atoms. The van der Waals surface area contributed by atoms with Crippen LogP contribution in [0, 0.1) is 5.92 Å². The molecule has 1 N–H and O–H groups in total. The number of nitrogens with one attached hydrogen (secondary N) is 1. The Morgan fingerprint density at radius 1 is 1.18 bits per heavy atom. The average Bonchev–Trinajstić information content (AvgIpc) is 3.26. The van der Waals surface area contributed by atoms with Gasteiger partial charge in [-0.3, -0.25) is 9.59 Å². The summed E-state index contributed by atoms with van der Waals surface area (Å²) in [6, 6.07) is 17.5. The van der Waals surface area contributed by atoms with Crippen molar-refractivity contribution in [3.63, 3.8) is 0 Å². The first-order chi connectivity index (χ1) is 16.0. The number of ether oxygens (including phenoxy) is 1. The third-order valence-electron chi connectivity index (χ3n) is 5.99. The van der Waals surface area contributed by atoms with Gasteiger partial charge >= 0.3 is 0 Å². The van der Waals surface area contributed by atoms with Crippen molar-refractivity contribution in [2.75, 3.05) is 26.7 Å². The van der Waals surface area contributed by atoms with Gasteiger partial charge in [0.05, 0.1) is 18.7 Å². The number of carbonyl (C=O) groups excluding carboxylic acids is 2. The monoisotopic (exact) mass is 447 g/mol. The van der Waals surface area contributed by atoms with Gasteiger partial charge in [-0.15, -0.1) is 0 Å². The molecule has 0 unspecified atom stereocenters. The fourth-order valence-electron chi connectivity index (χ4n) is 4.15. The Balaban J connectivity index is 1.59. The third kappa shape index (κ3) is 4.92. The highest BCUT2D eigenvalue weighted by Crippen LogP contribution is 2.33. The highest BCUT2D eigenvalue weighted by molar-refractivity contribution is 5.92. The number of aromatic nitrogens is 1. The Bertz CT molecular complexity index is 1140. The molecule has 2 amide bonds. The van der Waals surface area contributed by atoms with Crippen LogP contribution in [-0.2, 0) is 11.2 Å². The highest BCUT2D eigenvalue weighted by Gasteiger charge is 2.30. The molecule has 1 aromatic heterocycles. The summed E-state index contributed by atoms with van der Waals surface area (Å²) in [4.78, 5) is 27.7. The van der Waals surface area contributed by atoms with E-state index in [1.165, 1.54) is 0 Å². The van der Waals surface area contributed by atoms with E-state index < -0.39 is 0 Å². The molecule has 1 saturated heterocycles. The van der Waals surface area contributed by atoms with Crippen molar-refractivity contribution in [2.45, 2.75) is 26.2 Å². The molecule has 4 rings (SSSR count). The lowest BCUT2D eigenvalue weighted by Gasteiger charge is -2.23. The number of rotatable bonds is 6. The number of carbonyl (C=O) groups is 2. The molecule has 3 aromatic rings. The molecule has 1 atom stereocenters. The predicted molar refractivity (Wildman–Crippen MR) is 125 cm³/mol. The van der Waals surface area contributed by atoms with Crippen molar-refractivity contribution in [1.29, 1.82) is 0 Å². The van der Waals surface area contributed by atoms with Crippen LogP contribution < -0.4 is 10.1 Å². The maximum absolute atomic E-state index is 13.1. The number of amides is 2. The Hall–Kier alpha value is -3.61. The summed E-state index contributed by atoms with van der Waals surface area (Å²) in [7, 11) is 1.65. The summed E-state index contributed by atoms with van der Waals surface area (Å²) in [6.45, 7) is 5.13. The van der Waals surface area contributed by atoms with Crippen LogP contribution in [0.2, 0.25) is 0 Å². The molecule has 7 heteroatoms. The lowest BCUT2D eigenvalue weighted by Crippen LogP contribution is -2.37. The van der Waals surface area contributed by atoms with Crippen molar-refractivity contribution < 1.29 is 18.8 Å². The van der Waals surface area contributed by atoms with Crippen LogP contribution in [0.25, 0.3) is 11.1 Å². The highest BCUT2D eigenvalue weighted by atomic mass is 16.5. The van der Waals surface area contributed by atoms with E-state index in [4.69, 9.17) is 9.26 Å². The normalized spacial score (nSPS) is 16.4. The van der Waals surface area contributed by atoms with Gasteiger partial charge in [-0.1, -0.05) is 61.5 Å². The molecule has 33 heavy (non-hydrogen) atoms. The number of hydrogen-bond donors (Lipinski definition) is 1. The molecule has 1 fully saturated rings. The van der Waals surface area contributed by atoms with E-state index in [1.807, 2.05) is 62.4 Å². The molecule has 0 saturated carbocycles. The molecule has 2 aromatic carbocycles. The van der Waals surface area contributed by atoms with Crippen LogP contribution in [0.1, 0.15) is 41.6 Å². The second kappa shape index (κ2) is 9.90. The molecule has 0 spiro atoms. The first-order valence-electron chi connectivity index (χ1n) is 11.2. The summed E-state index contributed by atoms with van der Waals surface area (Å²) < 4.78 is 10.9. The van der Waals surface area contributed by atoms with Gasteiger partial charge in [-0.25, -0.2) is 0 Å². The fraction of sp³-hybridized carbons (Fsp3) is 0.346. The van der Waals surface area contributed by atoms with Crippen LogP contribution in [0.5, 0.6) is 5.75 Å². The van der Waals surface area contributed by atoms with Crippen LogP contribution in [0.15, 0.2) is 59.1 Å². The SMILES string of the molecule is COc1ccccc1-c1ccccc1C[C@@H]1CN(C(=O)c2cc(C(C)C)no2)CCNC1=O. The zero-order valence-corrected chi connectivity index (χ0v) is 19.2. The standard InChI is InChI=1S/C26H29N3O4/c1-17(2)22-15-24(33-28-22)26(31)29-13-12-27-25(30)19(16-29)14-18-8-4-5-9-20(18)21-10-6-7-11-23(21)32-3/h4-11,15,17,19H,12-14,16H2,1-3H3,(H,27,30)/t19-/m1/s1. The quantitative estimate of drug-likeness (QED) is 0.619. The van der Waals surface area contributed by atoms with Crippen molar-refractivity contribution in [2.24, 2.45) is 5.92 Å². The van der Waals surface area contributed by atoms with Crippen LogP contribution >= 0.6 is 0 Å². The fourth-order valence-corrected chi connectivity index (χ4v) is 4.15. The van der Waals surface area contributed by atoms with E-state index >= 15 is 0 Å². The molecular formula is C26H29N3O4. The van der Waals surface area contributed by atoms with Gasteiger partial charge in [0, 0.05) is 31.3 Å². The Morgan fingerprint density at radius 3 is 2.64 bits per heavy atom. The maximum atomic E-state index is 13.1. The lowest BCUT2D eigenvalue weighted by atomic mass is 9.91. The Labute approximate surface area is 193 Å². The van der Waals surface area contributed by atoms with Crippen molar-refractivity contribution >= 4 is 11.8 Å². The number of benzene rings is 2. The summed E-state index contributed by atoms with van der Waals surface area (Å²) in [5.41, 5.74) is 3.75. The van der Waals surface area contributed by atoms with Crippen molar-refractivity contribution in [1.82, 2.24) is 15.4 Å². The molecule has 1 aliphatic heterocycles. The zero-order valence-electron chi connectivity index (χ0n) is 19.2. The van der Waals surface area contributed by atoms with Crippen LogP contribution in [0.3, 0.4) is 0 Å². The van der Waals surface area contributed by atoms with Crippen molar-refractivity contribution in [3.05, 3.63) is 71.6 Å². The smallest absolute Gasteiger partial charge is 0.292 e. The second-order valence-corrected chi connectivity index (χ2v) is 8.57. The number of para-hydroxylation sites is 1. The third-order valence-corrected chi connectivity index (χ3v) is 5.99. The molecule has 7 nitrogen and oxygen atoms in total. The number of methoxy groups -OCH3 is 1. The molecule has 0 radical (unpaired) electrons. The minimum Gasteiger partial charge on any atom is -0.496 e. The van der Waals surface area contributed by atoms with E-state index in [0.29, 0.717) is 26.1 Å². The van der Waals surface area contributed by atoms with E-state index in [0.717, 1.165) is 28.1 Å². The molecular weight excluding hydrogens is 418 g/mol. The predicted octanol–water partition coefficient (Wildman–Crippen LogP) is 3.90. The van der Waals surface area contributed by atoms with Crippen LogP contribution in [-0.4, -0.2) is 48.6 Å². The van der Waals surface area contributed by atoms with Gasteiger partial charge in [0.25, 0.3) is 5.91 Å².